The summed E-state index contributed by atoms with van der Waals surface area (Å²) < 4.78 is 1.28. The van der Waals surface area contributed by atoms with E-state index in [4.69, 9.17) is 0 Å². The van der Waals surface area contributed by atoms with E-state index in [2.05, 4.69) is 42.4 Å². The fourth-order valence-corrected chi connectivity index (χ4v) is 2.18. The van der Waals surface area contributed by atoms with Gasteiger partial charge in [-0.2, -0.15) is 5.10 Å². The van der Waals surface area contributed by atoms with Crippen LogP contribution in [0.5, 0.6) is 5.75 Å². The number of phenols is 1. The molecule has 0 unspecified atom stereocenters. The zero-order valence-electron chi connectivity index (χ0n) is 9.38. The van der Waals surface area contributed by atoms with Crippen LogP contribution in [0.2, 0.25) is 0 Å². The van der Waals surface area contributed by atoms with Gasteiger partial charge < -0.3 is 10.5 Å². The van der Waals surface area contributed by atoms with Crippen molar-refractivity contribution in [1.29, 1.82) is 0 Å². The van der Waals surface area contributed by atoms with Gasteiger partial charge in [0.1, 0.15) is 5.75 Å². The maximum absolute atomic E-state index is 9.53. The largest absolute Gasteiger partial charge is 0.506 e. The molecule has 0 spiro atoms. The van der Waals surface area contributed by atoms with Gasteiger partial charge in [0.2, 0.25) is 0 Å². The Hall–Kier alpha value is -0.550. The van der Waals surface area contributed by atoms with Gasteiger partial charge in [0.15, 0.2) is 0 Å². The van der Waals surface area contributed by atoms with Crippen LogP contribution >= 0.6 is 31.9 Å². The summed E-state index contributed by atoms with van der Waals surface area (Å²) in [4.78, 5) is 0. The van der Waals surface area contributed by atoms with Crippen molar-refractivity contribution in [3.8, 4) is 5.75 Å². The predicted octanol–water partition coefficient (Wildman–Crippen LogP) is 3.64. The molecule has 0 aliphatic rings. The molecule has 2 N–H and O–H groups in total. The number of rotatable bonds is 2. The lowest BCUT2D eigenvalue weighted by Crippen LogP contribution is -2.31. The molecule has 0 saturated heterocycles. The maximum Gasteiger partial charge on any atom is 0.143 e. The molecular formula is C11H14Br2N2O. The van der Waals surface area contributed by atoms with Crippen LogP contribution in [0.3, 0.4) is 0 Å². The summed E-state index contributed by atoms with van der Waals surface area (Å²) in [6.07, 6.45) is 1.71. The van der Waals surface area contributed by atoms with Crippen molar-refractivity contribution in [2.24, 2.45) is 5.10 Å². The Balaban J connectivity index is 2.83. The molecule has 1 rings (SSSR count). The summed E-state index contributed by atoms with van der Waals surface area (Å²) >= 11 is 6.53. The zero-order chi connectivity index (χ0) is 12.3. The van der Waals surface area contributed by atoms with Gasteiger partial charge in [0.25, 0.3) is 0 Å². The Morgan fingerprint density at radius 3 is 2.19 bits per heavy atom. The van der Waals surface area contributed by atoms with Crippen molar-refractivity contribution >= 4 is 38.1 Å². The van der Waals surface area contributed by atoms with E-state index in [0.717, 1.165) is 5.56 Å². The van der Waals surface area contributed by atoms with Gasteiger partial charge >= 0.3 is 0 Å². The average molecular weight is 350 g/mol. The number of phenolic OH excluding ortho intramolecular Hbond substituents is 1. The summed E-state index contributed by atoms with van der Waals surface area (Å²) in [7, 11) is 0. The van der Waals surface area contributed by atoms with E-state index in [1.807, 2.05) is 20.8 Å². The van der Waals surface area contributed by atoms with Crippen LogP contribution in [0.25, 0.3) is 0 Å². The average Bonchev–Trinajstić information content (AvgIpc) is 2.12. The van der Waals surface area contributed by atoms with Crippen LogP contribution in [0.1, 0.15) is 26.3 Å². The first-order valence-corrected chi connectivity index (χ1v) is 6.36. The molecule has 0 aliphatic heterocycles. The third-order valence-corrected chi connectivity index (χ3v) is 2.86. The summed E-state index contributed by atoms with van der Waals surface area (Å²) in [6.45, 7) is 6.10. The van der Waals surface area contributed by atoms with Gasteiger partial charge in [-0.05, 0) is 70.3 Å². The SMILES string of the molecule is CC(C)(C)NN=Cc1cc(Br)c(O)c(Br)c1. The Bertz CT molecular complexity index is 388. The van der Waals surface area contributed by atoms with Crippen LogP contribution < -0.4 is 5.43 Å². The Kier molecular flexibility index (Phi) is 4.38. The number of benzene rings is 1. The third kappa shape index (κ3) is 4.14. The molecular weight excluding hydrogens is 336 g/mol. The second kappa shape index (κ2) is 5.19. The van der Waals surface area contributed by atoms with Crippen molar-refractivity contribution in [3.63, 3.8) is 0 Å². The molecule has 1 aromatic carbocycles. The molecule has 0 fully saturated rings. The van der Waals surface area contributed by atoms with Crippen LogP contribution in [0, 0.1) is 0 Å². The second-order valence-corrected chi connectivity index (χ2v) is 6.16. The highest BCUT2D eigenvalue weighted by atomic mass is 79.9. The number of nitrogens with zero attached hydrogens (tertiary/aromatic N) is 1. The second-order valence-electron chi connectivity index (χ2n) is 4.45. The van der Waals surface area contributed by atoms with Crippen molar-refractivity contribution in [2.45, 2.75) is 26.3 Å². The van der Waals surface area contributed by atoms with Crippen molar-refractivity contribution in [2.75, 3.05) is 0 Å². The zero-order valence-corrected chi connectivity index (χ0v) is 12.6. The monoisotopic (exact) mass is 348 g/mol. The summed E-state index contributed by atoms with van der Waals surface area (Å²) in [5.74, 6) is 0.195. The Labute approximate surface area is 112 Å². The fourth-order valence-electron chi connectivity index (χ4n) is 0.960. The van der Waals surface area contributed by atoms with Gasteiger partial charge in [-0.1, -0.05) is 0 Å². The number of nitrogens with one attached hydrogen (secondary N) is 1. The highest BCUT2D eigenvalue weighted by Crippen LogP contribution is 2.32. The van der Waals surface area contributed by atoms with Crippen molar-refractivity contribution < 1.29 is 5.11 Å². The number of halogens is 2. The molecule has 0 radical (unpaired) electrons. The van der Waals surface area contributed by atoms with Gasteiger partial charge in [0, 0.05) is 5.54 Å². The quantitative estimate of drug-likeness (QED) is 0.632. The lowest BCUT2D eigenvalue weighted by Gasteiger charge is -2.17. The molecule has 0 aromatic heterocycles. The molecule has 5 heteroatoms. The van der Waals surface area contributed by atoms with Crippen LogP contribution in [0.4, 0.5) is 0 Å². The van der Waals surface area contributed by atoms with Crippen LogP contribution in [0.15, 0.2) is 26.2 Å². The molecule has 0 atom stereocenters. The van der Waals surface area contributed by atoms with E-state index in [0.29, 0.717) is 8.95 Å². The predicted molar refractivity (Wildman–Crippen MR) is 74.0 cm³/mol. The number of hydrazone groups is 1. The molecule has 0 bridgehead atoms. The summed E-state index contributed by atoms with van der Waals surface area (Å²) in [5.41, 5.74) is 3.84. The standard InChI is InChI=1S/C11H14Br2N2O/c1-11(2,3)15-14-6-7-4-8(12)10(16)9(13)5-7/h4-6,15-16H,1-3H3. The topological polar surface area (TPSA) is 44.6 Å². The van der Waals surface area contributed by atoms with E-state index in [-0.39, 0.29) is 11.3 Å². The van der Waals surface area contributed by atoms with E-state index < -0.39 is 0 Å². The number of hydrogen-bond donors (Lipinski definition) is 2. The minimum absolute atomic E-state index is 0.0537. The highest BCUT2D eigenvalue weighted by molar-refractivity contribution is 9.11. The van der Waals surface area contributed by atoms with E-state index in [1.54, 1.807) is 18.3 Å². The van der Waals surface area contributed by atoms with Gasteiger partial charge in [-0.3, -0.25) is 0 Å². The first-order chi connectivity index (χ1) is 7.29. The molecule has 88 valence electrons. The summed E-state index contributed by atoms with van der Waals surface area (Å²) in [5, 5.41) is 13.7. The minimum atomic E-state index is -0.0537. The molecule has 3 nitrogen and oxygen atoms in total. The fraction of sp³-hybridized carbons (Fsp3) is 0.364. The molecule has 1 aromatic rings. The molecule has 16 heavy (non-hydrogen) atoms. The normalized spacial score (nSPS) is 12.1. The van der Waals surface area contributed by atoms with E-state index in [9.17, 15) is 5.11 Å². The van der Waals surface area contributed by atoms with E-state index in [1.165, 1.54) is 0 Å². The van der Waals surface area contributed by atoms with Crippen molar-refractivity contribution in [3.05, 3.63) is 26.6 Å². The third-order valence-electron chi connectivity index (χ3n) is 1.65. The van der Waals surface area contributed by atoms with E-state index >= 15 is 0 Å². The van der Waals surface area contributed by atoms with Gasteiger partial charge in [-0.15, -0.1) is 0 Å². The maximum atomic E-state index is 9.53. The number of hydrogen-bond acceptors (Lipinski definition) is 3. The number of aromatic hydroxyl groups is 1. The Morgan fingerprint density at radius 1 is 1.25 bits per heavy atom. The lowest BCUT2D eigenvalue weighted by atomic mass is 10.1. The minimum Gasteiger partial charge on any atom is -0.506 e. The van der Waals surface area contributed by atoms with Crippen LogP contribution in [-0.2, 0) is 0 Å². The van der Waals surface area contributed by atoms with Crippen LogP contribution in [-0.4, -0.2) is 16.9 Å². The van der Waals surface area contributed by atoms with Crippen molar-refractivity contribution in [1.82, 2.24) is 5.43 Å². The lowest BCUT2D eigenvalue weighted by molar-refractivity contribution is 0.442. The molecule has 0 heterocycles. The van der Waals surface area contributed by atoms with Gasteiger partial charge in [0.05, 0.1) is 15.2 Å². The first kappa shape index (κ1) is 13.5. The van der Waals surface area contributed by atoms with Gasteiger partial charge in [-0.25, -0.2) is 0 Å². The highest BCUT2D eigenvalue weighted by Gasteiger charge is 2.07. The first-order valence-electron chi connectivity index (χ1n) is 4.78. The summed E-state index contributed by atoms with van der Waals surface area (Å²) in [6, 6.07) is 3.60. The molecule has 0 saturated carbocycles. The Morgan fingerprint density at radius 2 is 1.75 bits per heavy atom. The molecule has 0 amide bonds. The molecule has 0 aliphatic carbocycles. The smallest absolute Gasteiger partial charge is 0.143 e.